The van der Waals surface area contributed by atoms with Gasteiger partial charge in [-0.3, -0.25) is 19.3 Å². The van der Waals surface area contributed by atoms with E-state index < -0.39 is 6.04 Å². The van der Waals surface area contributed by atoms with Crippen LogP contribution in [-0.4, -0.2) is 58.8 Å². The summed E-state index contributed by atoms with van der Waals surface area (Å²) < 4.78 is 0. The fourth-order valence-electron chi connectivity index (χ4n) is 5.51. The molecule has 2 heterocycles. The lowest BCUT2D eigenvalue weighted by atomic mass is 10.00. The summed E-state index contributed by atoms with van der Waals surface area (Å²) in [6.45, 7) is 1.15. The molecule has 2 unspecified atom stereocenters. The zero-order chi connectivity index (χ0) is 28.8. The maximum atomic E-state index is 13.7. The molecule has 0 radical (unpaired) electrons. The first-order chi connectivity index (χ1) is 19.9. The normalized spacial score (nSPS) is 16.2. The van der Waals surface area contributed by atoms with Gasteiger partial charge in [0.05, 0.1) is 17.5 Å². The minimum atomic E-state index is -0.682. The van der Waals surface area contributed by atoms with Crippen molar-refractivity contribution in [2.24, 2.45) is 0 Å². The van der Waals surface area contributed by atoms with Crippen LogP contribution in [0.5, 0.6) is 0 Å². The number of aromatic amines is 1. The molecule has 0 aliphatic carbocycles. The second-order valence-corrected chi connectivity index (χ2v) is 10.5. The van der Waals surface area contributed by atoms with E-state index in [9.17, 15) is 14.4 Å². The highest BCUT2D eigenvalue weighted by Gasteiger charge is 2.34. The first-order valence-corrected chi connectivity index (χ1v) is 13.9. The van der Waals surface area contributed by atoms with Crippen LogP contribution in [0.3, 0.4) is 0 Å². The average molecular weight is 553 g/mol. The van der Waals surface area contributed by atoms with Crippen molar-refractivity contribution in [2.75, 3.05) is 24.6 Å². The lowest BCUT2D eigenvalue weighted by molar-refractivity contribution is -0.139. The lowest BCUT2D eigenvalue weighted by Crippen LogP contribution is -2.57. The highest BCUT2D eigenvalue weighted by Crippen LogP contribution is 2.25. The zero-order valence-corrected chi connectivity index (χ0v) is 23.2. The van der Waals surface area contributed by atoms with Crippen molar-refractivity contribution in [1.82, 2.24) is 20.1 Å². The first kappa shape index (κ1) is 27.9. The summed E-state index contributed by atoms with van der Waals surface area (Å²) >= 11 is 0. The molecule has 0 spiro atoms. The van der Waals surface area contributed by atoms with Crippen molar-refractivity contribution in [3.63, 3.8) is 0 Å². The fraction of sp³-hybridized carbons (Fsp3) is 0.281. The number of piperidine rings is 1. The molecule has 5 N–H and O–H groups in total. The van der Waals surface area contributed by atoms with Gasteiger partial charge in [0.1, 0.15) is 6.04 Å². The number of nitrogens with two attached hydrogens (primary N) is 1. The molecule has 0 saturated carbocycles. The van der Waals surface area contributed by atoms with Crippen LogP contribution in [-0.2, 0) is 22.6 Å². The average Bonchev–Trinajstić information content (AvgIpc) is 3.41. The maximum Gasteiger partial charge on any atom is 0.255 e. The predicted octanol–water partition coefficient (Wildman–Crippen LogP) is 4.13. The van der Waals surface area contributed by atoms with Crippen LogP contribution in [0.1, 0.15) is 40.7 Å². The van der Waals surface area contributed by atoms with Gasteiger partial charge in [-0.15, -0.1) is 0 Å². The maximum absolute atomic E-state index is 13.7. The summed E-state index contributed by atoms with van der Waals surface area (Å²) in [5.74, 6) is -0.488. The summed E-state index contributed by atoms with van der Waals surface area (Å²) in [6, 6.07) is 21.4. The van der Waals surface area contributed by atoms with Crippen LogP contribution in [0.15, 0.2) is 79.0 Å². The van der Waals surface area contributed by atoms with E-state index >= 15 is 0 Å². The Bertz CT molecular complexity index is 1520. The van der Waals surface area contributed by atoms with Crippen molar-refractivity contribution < 1.29 is 14.4 Å². The summed E-state index contributed by atoms with van der Waals surface area (Å²) in [7, 11) is 2.00. The summed E-state index contributed by atoms with van der Waals surface area (Å²) in [4.78, 5) is 46.0. The molecule has 9 nitrogen and oxygen atoms in total. The van der Waals surface area contributed by atoms with E-state index in [0.29, 0.717) is 23.4 Å². The van der Waals surface area contributed by atoms with E-state index in [1.807, 2.05) is 55.7 Å². The number of H-pyrrole nitrogens is 1. The Morgan fingerprint density at radius 3 is 2.59 bits per heavy atom. The monoisotopic (exact) mass is 552 g/mol. The van der Waals surface area contributed by atoms with Gasteiger partial charge in [-0.25, -0.2) is 0 Å². The third kappa shape index (κ3) is 6.41. The molecule has 1 fully saturated rings. The number of para-hydroxylation sites is 3. The lowest BCUT2D eigenvalue weighted by Gasteiger charge is -2.42. The minimum Gasteiger partial charge on any atom is -0.397 e. The Balaban J connectivity index is 1.30. The van der Waals surface area contributed by atoms with Crippen LogP contribution in [0.2, 0.25) is 0 Å². The number of aromatic nitrogens is 1. The van der Waals surface area contributed by atoms with Crippen LogP contribution in [0.4, 0.5) is 11.4 Å². The molecule has 1 saturated heterocycles. The van der Waals surface area contributed by atoms with Gasteiger partial charge in [0.2, 0.25) is 12.3 Å². The third-order valence-electron chi connectivity index (χ3n) is 7.84. The molecule has 2 atom stereocenters. The van der Waals surface area contributed by atoms with Crippen LogP contribution in [0.25, 0.3) is 10.9 Å². The quantitative estimate of drug-likeness (QED) is 0.174. The van der Waals surface area contributed by atoms with E-state index in [1.165, 1.54) is 0 Å². The summed E-state index contributed by atoms with van der Waals surface area (Å²) in [5, 5.41) is 6.90. The second kappa shape index (κ2) is 12.7. The number of anilines is 2. The number of nitrogen functional groups attached to an aromatic ring is 1. The van der Waals surface area contributed by atoms with Gasteiger partial charge in [0.25, 0.3) is 5.91 Å². The van der Waals surface area contributed by atoms with Crippen LogP contribution in [0, 0.1) is 0 Å². The van der Waals surface area contributed by atoms with Crippen molar-refractivity contribution in [1.29, 1.82) is 0 Å². The zero-order valence-electron chi connectivity index (χ0n) is 23.2. The molecule has 212 valence electrons. The van der Waals surface area contributed by atoms with Gasteiger partial charge in [0.15, 0.2) is 0 Å². The number of rotatable bonds is 10. The first-order valence-electron chi connectivity index (χ1n) is 13.9. The second-order valence-electron chi connectivity index (χ2n) is 10.5. The SMILES string of the molecule is CN1CCCCC1N(C=O)C(Cc1c[nH]c2ccccc12)C(=O)NCc1ccc(C(=O)Nc2ccccc2N)cc1. The van der Waals surface area contributed by atoms with Gasteiger partial charge in [0, 0.05) is 35.6 Å². The van der Waals surface area contributed by atoms with Crippen molar-refractivity contribution in [3.8, 4) is 0 Å². The Morgan fingerprint density at radius 2 is 1.83 bits per heavy atom. The number of carbonyl (C=O) groups excluding carboxylic acids is 3. The molecule has 1 aromatic heterocycles. The third-order valence-corrected chi connectivity index (χ3v) is 7.84. The molecule has 1 aliphatic rings. The molecular weight excluding hydrogens is 516 g/mol. The Labute approximate surface area is 239 Å². The number of amides is 3. The molecule has 3 amide bonds. The number of benzene rings is 3. The van der Waals surface area contributed by atoms with Crippen LogP contribution >= 0.6 is 0 Å². The topological polar surface area (TPSA) is 124 Å². The molecule has 1 aliphatic heterocycles. The number of nitrogens with zero attached hydrogens (tertiary/aromatic N) is 2. The van der Waals surface area contributed by atoms with E-state index in [1.54, 1.807) is 35.2 Å². The molecular formula is C32H36N6O3. The van der Waals surface area contributed by atoms with Crippen molar-refractivity contribution in [2.45, 2.75) is 44.4 Å². The van der Waals surface area contributed by atoms with Gasteiger partial charge >= 0.3 is 0 Å². The van der Waals surface area contributed by atoms with E-state index in [4.69, 9.17) is 5.73 Å². The van der Waals surface area contributed by atoms with Gasteiger partial charge in [-0.2, -0.15) is 0 Å². The number of hydrogen-bond acceptors (Lipinski definition) is 5. The molecule has 0 bridgehead atoms. The van der Waals surface area contributed by atoms with Crippen LogP contribution < -0.4 is 16.4 Å². The molecule has 3 aromatic carbocycles. The Hall–Kier alpha value is -4.63. The standard InChI is InChI=1S/C32H36N6O3/c1-37-17-7-6-12-30(37)38(21-39)29(18-24-20-34-27-10-4-2-8-25(24)27)32(41)35-19-22-13-15-23(16-14-22)31(40)36-28-11-5-3-9-26(28)33/h2-5,8-11,13-16,20-21,29-30,34H,6-7,12,17-19,33H2,1H3,(H,35,41)(H,36,40). The van der Waals surface area contributed by atoms with Gasteiger partial charge in [-0.05, 0) is 74.3 Å². The van der Waals surface area contributed by atoms with Crippen molar-refractivity contribution in [3.05, 3.63) is 95.7 Å². The predicted molar refractivity (Wildman–Crippen MR) is 161 cm³/mol. The Kier molecular flexibility index (Phi) is 8.64. The number of fused-ring (bicyclic) bond motifs is 1. The summed E-state index contributed by atoms with van der Waals surface area (Å²) in [6.07, 6.45) is 5.90. The number of carbonyl (C=O) groups is 3. The van der Waals surface area contributed by atoms with E-state index in [-0.39, 0.29) is 24.5 Å². The van der Waals surface area contributed by atoms with Gasteiger partial charge < -0.3 is 26.3 Å². The highest BCUT2D eigenvalue weighted by molar-refractivity contribution is 6.05. The summed E-state index contributed by atoms with van der Waals surface area (Å²) in [5.41, 5.74) is 10.3. The minimum absolute atomic E-state index is 0.140. The largest absolute Gasteiger partial charge is 0.397 e. The molecule has 41 heavy (non-hydrogen) atoms. The van der Waals surface area contributed by atoms with Gasteiger partial charge in [-0.1, -0.05) is 42.5 Å². The molecule has 5 rings (SSSR count). The smallest absolute Gasteiger partial charge is 0.255 e. The number of nitrogens with one attached hydrogen (secondary N) is 3. The fourth-order valence-corrected chi connectivity index (χ4v) is 5.51. The number of hydrogen-bond donors (Lipinski definition) is 4. The Morgan fingerprint density at radius 1 is 1.07 bits per heavy atom. The van der Waals surface area contributed by atoms with E-state index in [0.717, 1.165) is 54.2 Å². The molecule has 4 aromatic rings. The van der Waals surface area contributed by atoms with E-state index in [2.05, 4.69) is 20.5 Å². The molecule has 9 heteroatoms. The number of likely N-dealkylation sites (tertiary alicyclic amines) is 1. The highest BCUT2D eigenvalue weighted by atomic mass is 16.2. The van der Waals surface area contributed by atoms with Crippen molar-refractivity contribution >= 4 is 40.5 Å².